The molecule has 0 atom stereocenters. The number of aromatic amines is 2. The fraction of sp³-hybridized carbons (Fsp3) is 0.348. The van der Waals surface area contributed by atoms with Crippen molar-refractivity contribution in [3.05, 3.63) is 53.1 Å². The van der Waals surface area contributed by atoms with Crippen LogP contribution in [0.1, 0.15) is 11.4 Å². The number of amidine groups is 1. The number of ether oxygens (including phenoxy) is 1. The zero-order valence-corrected chi connectivity index (χ0v) is 19.5. The Kier molecular flexibility index (Phi) is 6.92. The van der Waals surface area contributed by atoms with Gasteiger partial charge in [-0.1, -0.05) is 0 Å². The Labute approximate surface area is 196 Å². The number of aliphatic imine (C=N–C) groups is 2. The molecule has 11 heteroatoms. The Morgan fingerprint density at radius 3 is 2.65 bits per heavy atom. The van der Waals surface area contributed by atoms with Crippen molar-refractivity contribution < 1.29 is 13.5 Å². The predicted octanol–water partition coefficient (Wildman–Crippen LogP) is 3.42. The van der Waals surface area contributed by atoms with Crippen LogP contribution in [-0.2, 0) is 0 Å². The molecule has 180 valence electrons. The fourth-order valence-corrected chi connectivity index (χ4v) is 3.75. The Morgan fingerprint density at radius 1 is 1.21 bits per heavy atom. The number of anilines is 1. The molecule has 1 fully saturated rings. The van der Waals surface area contributed by atoms with Gasteiger partial charge in [0.15, 0.2) is 29.9 Å². The van der Waals surface area contributed by atoms with Gasteiger partial charge in [-0.2, -0.15) is 5.10 Å². The average Bonchev–Trinajstić information content (AvgIpc) is 3.39. The maximum atomic E-state index is 14.9. The third-order valence-corrected chi connectivity index (χ3v) is 5.57. The summed E-state index contributed by atoms with van der Waals surface area (Å²) in [6.45, 7) is 10.2. The molecule has 0 bridgehead atoms. The smallest absolute Gasteiger partial charge is 0.194 e. The molecule has 0 amide bonds. The van der Waals surface area contributed by atoms with Gasteiger partial charge < -0.3 is 24.8 Å². The summed E-state index contributed by atoms with van der Waals surface area (Å²) in [5.74, 6) is -0.410. The number of aromatic nitrogens is 3. The van der Waals surface area contributed by atoms with Gasteiger partial charge in [0.1, 0.15) is 11.7 Å². The lowest BCUT2D eigenvalue weighted by Crippen LogP contribution is -2.47. The summed E-state index contributed by atoms with van der Waals surface area (Å²) in [5.41, 5.74) is 2.01. The van der Waals surface area contributed by atoms with Crippen LogP contribution in [0.25, 0.3) is 10.9 Å². The monoisotopic (exact) mass is 470 g/mol. The molecular weight excluding hydrogens is 442 g/mol. The van der Waals surface area contributed by atoms with Crippen LogP contribution < -0.4 is 10.1 Å². The Balaban J connectivity index is 1.58. The van der Waals surface area contributed by atoms with Crippen LogP contribution in [-0.4, -0.2) is 77.5 Å². The Bertz CT molecular complexity index is 1240. The SMILES string of the molecule is C=N/C(=C\C(=N/COc1c(F)cc2[nH]c(C)cc2c1F)N1CCN(C)CC1)Nc1cc(C)[nH]n1. The minimum absolute atomic E-state index is 0.271. The van der Waals surface area contributed by atoms with Gasteiger partial charge in [0.25, 0.3) is 0 Å². The molecule has 0 saturated carbocycles. The highest BCUT2D eigenvalue weighted by molar-refractivity contribution is 5.94. The number of halogens is 2. The van der Waals surface area contributed by atoms with Gasteiger partial charge in [-0.25, -0.2) is 18.8 Å². The highest BCUT2D eigenvalue weighted by atomic mass is 19.1. The lowest BCUT2D eigenvalue weighted by atomic mass is 10.2. The highest BCUT2D eigenvalue weighted by Gasteiger charge is 2.19. The predicted molar refractivity (Wildman–Crippen MR) is 130 cm³/mol. The van der Waals surface area contributed by atoms with Crippen LogP contribution in [0.15, 0.2) is 40.1 Å². The zero-order valence-electron chi connectivity index (χ0n) is 19.5. The number of aryl methyl sites for hydroxylation is 2. The van der Waals surface area contributed by atoms with Gasteiger partial charge >= 0.3 is 0 Å². The summed E-state index contributed by atoms with van der Waals surface area (Å²) in [5, 5.41) is 10.4. The third kappa shape index (κ3) is 5.25. The van der Waals surface area contributed by atoms with Crippen molar-refractivity contribution in [1.29, 1.82) is 0 Å². The molecule has 1 aliphatic heterocycles. The quantitative estimate of drug-likeness (QED) is 0.363. The molecule has 3 N–H and O–H groups in total. The standard InChI is InChI=1S/C23H28F2N8O/c1-14-9-16-18(28-14)11-17(24)23(22(16)25)34-13-27-21(33-7-5-32(4)6-8-33)12-19(26-3)29-20-10-15(2)30-31-20/h9-12,28H,3,5-8,13H2,1-2,4H3,(H2,29,30,31)/b19-12+,27-21+. The second kappa shape index (κ2) is 10.0. The third-order valence-electron chi connectivity index (χ3n) is 5.57. The van der Waals surface area contributed by atoms with Crippen molar-refractivity contribution >= 4 is 29.3 Å². The molecule has 1 aliphatic rings. The van der Waals surface area contributed by atoms with Crippen molar-refractivity contribution in [3.63, 3.8) is 0 Å². The van der Waals surface area contributed by atoms with E-state index >= 15 is 0 Å². The van der Waals surface area contributed by atoms with E-state index in [0.717, 1.165) is 37.6 Å². The molecule has 0 spiro atoms. The molecule has 9 nitrogen and oxygen atoms in total. The van der Waals surface area contributed by atoms with Crippen molar-refractivity contribution in [2.45, 2.75) is 13.8 Å². The van der Waals surface area contributed by atoms with E-state index in [1.165, 1.54) is 6.07 Å². The van der Waals surface area contributed by atoms with Gasteiger partial charge in [-0.3, -0.25) is 5.10 Å². The molecule has 4 rings (SSSR count). The van der Waals surface area contributed by atoms with Crippen molar-refractivity contribution in [1.82, 2.24) is 25.0 Å². The van der Waals surface area contributed by atoms with Crippen molar-refractivity contribution in [3.8, 4) is 5.75 Å². The second-order valence-electron chi connectivity index (χ2n) is 8.24. The van der Waals surface area contributed by atoms with E-state index < -0.39 is 17.4 Å². The molecule has 1 saturated heterocycles. The van der Waals surface area contributed by atoms with Gasteiger partial charge in [0.2, 0.25) is 0 Å². The van der Waals surface area contributed by atoms with E-state index in [-0.39, 0.29) is 12.1 Å². The van der Waals surface area contributed by atoms with E-state index in [1.807, 2.05) is 13.0 Å². The first-order valence-electron chi connectivity index (χ1n) is 10.9. The van der Waals surface area contributed by atoms with E-state index in [4.69, 9.17) is 4.74 Å². The number of rotatable bonds is 7. The highest BCUT2D eigenvalue weighted by Crippen LogP contribution is 2.30. The summed E-state index contributed by atoms with van der Waals surface area (Å²) in [4.78, 5) is 15.7. The molecule has 34 heavy (non-hydrogen) atoms. The molecule has 2 aromatic heterocycles. The van der Waals surface area contributed by atoms with E-state index in [2.05, 4.69) is 54.0 Å². The van der Waals surface area contributed by atoms with Crippen LogP contribution in [0.3, 0.4) is 0 Å². The molecule has 0 radical (unpaired) electrons. The summed E-state index contributed by atoms with van der Waals surface area (Å²) < 4.78 is 34.8. The van der Waals surface area contributed by atoms with Gasteiger partial charge in [-0.15, -0.1) is 0 Å². The second-order valence-corrected chi connectivity index (χ2v) is 8.24. The van der Waals surface area contributed by atoms with Crippen LogP contribution in [0.4, 0.5) is 14.6 Å². The van der Waals surface area contributed by atoms with E-state index in [9.17, 15) is 8.78 Å². The van der Waals surface area contributed by atoms with Crippen LogP contribution in [0.5, 0.6) is 5.75 Å². The Hall–Kier alpha value is -3.73. The van der Waals surface area contributed by atoms with Gasteiger partial charge in [0.05, 0.1) is 5.52 Å². The maximum Gasteiger partial charge on any atom is 0.194 e. The van der Waals surface area contributed by atoms with Crippen molar-refractivity contribution in [2.75, 3.05) is 45.3 Å². The number of likely N-dealkylation sites (N-methyl/N-ethyl adjacent to an activating group) is 1. The summed E-state index contributed by atoms with van der Waals surface area (Å²) in [6.07, 6.45) is 1.72. The molecular formula is C23H28F2N8O. The van der Waals surface area contributed by atoms with E-state index in [0.29, 0.717) is 23.0 Å². The molecule has 3 aromatic rings. The topological polar surface area (TPSA) is 96.9 Å². The number of fused-ring (bicyclic) bond motifs is 1. The molecule has 3 heterocycles. The number of piperazine rings is 1. The number of nitrogens with one attached hydrogen (secondary N) is 3. The summed E-state index contributed by atoms with van der Waals surface area (Å²) in [7, 11) is 2.05. The lowest BCUT2D eigenvalue weighted by Gasteiger charge is -2.33. The van der Waals surface area contributed by atoms with Crippen LogP contribution in [0.2, 0.25) is 0 Å². The number of H-pyrrole nitrogens is 2. The van der Waals surface area contributed by atoms with Crippen LogP contribution >= 0.6 is 0 Å². The van der Waals surface area contributed by atoms with E-state index in [1.54, 1.807) is 19.1 Å². The Morgan fingerprint density at radius 2 is 1.97 bits per heavy atom. The first-order chi connectivity index (χ1) is 16.3. The first-order valence-corrected chi connectivity index (χ1v) is 10.9. The number of hydrogen-bond donors (Lipinski definition) is 3. The minimum atomic E-state index is -0.789. The van der Waals surface area contributed by atoms with Crippen LogP contribution in [0, 0.1) is 25.5 Å². The largest absolute Gasteiger partial charge is 0.465 e. The first kappa shape index (κ1) is 23.4. The van der Waals surface area contributed by atoms with Crippen molar-refractivity contribution in [2.24, 2.45) is 9.98 Å². The van der Waals surface area contributed by atoms with Gasteiger partial charge in [0, 0.05) is 61.2 Å². The lowest BCUT2D eigenvalue weighted by molar-refractivity contribution is 0.214. The normalized spacial score (nSPS) is 15.7. The summed E-state index contributed by atoms with van der Waals surface area (Å²) in [6, 6.07) is 4.67. The average molecular weight is 471 g/mol. The molecule has 0 unspecified atom stereocenters. The number of nitrogens with zero attached hydrogens (tertiary/aromatic N) is 5. The zero-order chi connectivity index (χ0) is 24.2. The fourth-order valence-electron chi connectivity index (χ4n) is 3.75. The van der Waals surface area contributed by atoms with Gasteiger partial charge in [-0.05, 0) is 33.7 Å². The molecule has 1 aromatic carbocycles. The number of hydrogen-bond acceptors (Lipinski definition) is 6. The minimum Gasteiger partial charge on any atom is -0.465 e. The number of benzene rings is 1. The molecule has 0 aliphatic carbocycles. The maximum absolute atomic E-state index is 14.9. The summed E-state index contributed by atoms with van der Waals surface area (Å²) >= 11 is 0.